The first-order valence-electron chi connectivity index (χ1n) is 10.9. The van der Waals surface area contributed by atoms with Crippen molar-refractivity contribution in [3.63, 3.8) is 0 Å². The molecule has 2 aliphatic carbocycles. The molecule has 3 rings (SSSR count). The first-order valence-corrected chi connectivity index (χ1v) is 10.9. The molecule has 1 aromatic heterocycles. The van der Waals surface area contributed by atoms with Crippen LogP contribution in [0.25, 0.3) is 0 Å². The molecule has 28 heavy (non-hydrogen) atoms. The zero-order valence-corrected chi connectivity index (χ0v) is 18.5. The molecule has 7 heteroatoms. The zero-order valence-electron chi connectivity index (χ0n) is 17.7. The van der Waals surface area contributed by atoms with Crippen LogP contribution in [0.5, 0.6) is 0 Å². The third-order valence-corrected chi connectivity index (χ3v) is 6.41. The van der Waals surface area contributed by atoms with Crippen molar-refractivity contribution in [2.24, 2.45) is 11.3 Å². The van der Waals surface area contributed by atoms with Crippen molar-refractivity contribution in [3.8, 4) is 0 Å². The van der Waals surface area contributed by atoms with Crippen LogP contribution in [-0.2, 0) is 9.53 Å². The summed E-state index contributed by atoms with van der Waals surface area (Å²) in [6.07, 6.45) is 15.5. The van der Waals surface area contributed by atoms with E-state index in [0.717, 1.165) is 32.5 Å². The van der Waals surface area contributed by atoms with Gasteiger partial charge in [-0.1, -0.05) is 57.6 Å². The quantitative estimate of drug-likeness (QED) is 0.658. The number of H-pyrrole nitrogens is 1. The van der Waals surface area contributed by atoms with E-state index >= 15 is 0 Å². The van der Waals surface area contributed by atoms with Gasteiger partial charge in [-0.05, 0) is 44.7 Å². The fraction of sp³-hybridized carbons (Fsp3) is 0.857. The van der Waals surface area contributed by atoms with Crippen molar-refractivity contribution in [3.05, 3.63) is 12.4 Å². The summed E-state index contributed by atoms with van der Waals surface area (Å²) in [4.78, 5) is 15.3. The Hall–Kier alpha value is -1.14. The molecular formula is C21H39ClN4O2. The number of halogens is 1. The van der Waals surface area contributed by atoms with Gasteiger partial charge in [-0.15, -0.1) is 17.5 Å². The molecule has 0 spiro atoms. The molecule has 2 aliphatic rings. The van der Waals surface area contributed by atoms with Gasteiger partial charge in [0.1, 0.15) is 6.61 Å². The summed E-state index contributed by atoms with van der Waals surface area (Å²) in [6, 6.07) is 0. The Morgan fingerprint density at radius 3 is 2.25 bits per heavy atom. The maximum Gasteiger partial charge on any atom is 0.312 e. The number of carbonyl (C=O) groups excluding carboxylic acids is 1. The van der Waals surface area contributed by atoms with Crippen molar-refractivity contribution in [2.75, 3.05) is 26.2 Å². The number of hydrogen-bond donors (Lipinski definition) is 1. The first kappa shape index (κ1) is 24.9. The molecule has 0 aromatic carbocycles. The molecule has 2 fully saturated rings. The number of aromatic amines is 1. The van der Waals surface area contributed by atoms with Gasteiger partial charge in [0.15, 0.2) is 0 Å². The maximum atomic E-state index is 12.9. The van der Waals surface area contributed by atoms with Gasteiger partial charge in [0.2, 0.25) is 0 Å². The fourth-order valence-electron chi connectivity index (χ4n) is 4.73. The molecule has 0 atom stereocenters. The zero-order chi connectivity index (χ0) is 19.4. The lowest BCUT2D eigenvalue weighted by Gasteiger charge is -2.43. The lowest BCUT2D eigenvalue weighted by Crippen LogP contribution is -2.43. The van der Waals surface area contributed by atoms with E-state index in [9.17, 15) is 4.79 Å². The van der Waals surface area contributed by atoms with E-state index in [-0.39, 0.29) is 23.8 Å². The molecule has 2 saturated carbocycles. The van der Waals surface area contributed by atoms with Crippen molar-refractivity contribution >= 4 is 18.4 Å². The SMILES string of the molecule is CCN(CC)CCOC(=O)C1(C2CCCCC2)CCCCC1.Cl.c1c[nH]nn1. The molecule has 0 radical (unpaired) electrons. The van der Waals surface area contributed by atoms with Crippen molar-refractivity contribution < 1.29 is 9.53 Å². The van der Waals surface area contributed by atoms with Gasteiger partial charge in [0, 0.05) is 12.7 Å². The Kier molecular flexibility index (Phi) is 12.4. The average molecular weight is 415 g/mol. The molecule has 0 saturated heterocycles. The van der Waals surface area contributed by atoms with Gasteiger partial charge in [0.05, 0.1) is 11.6 Å². The Morgan fingerprint density at radius 2 is 1.75 bits per heavy atom. The number of aromatic nitrogens is 3. The fourth-order valence-corrected chi connectivity index (χ4v) is 4.73. The highest BCUT2D eigenvalue weighted by Gasteiger charge is 2.47. The third kappa shape index (κ3) is 7.36. The lowest BCUT2D eigenvalue weighted by molar-refractivity contribution is -0.164. The van der Waals surface area contributed by atoms with Crippen LogP contribution < -0.4 is 0 Å². The van der Waals surface area contributed by atoms with Crippen LogP contribution in [0.2, 0.25) is 0 Å². The van der Waals surface area contributed by atoms with E-state index in [1.807, 2.05) is 0 Å². The summed E-state index contributed by atoms with van der Waals surface area (Å²) in [7, 11) is 0. The van der Waals surface area contributed by atoms with Crippen molar-refractivity contribution in [1.29, 1.82) is 0 Å². The van der Waals surface area contributed by atoms with Crippen LogP contribution in [0, 0.1) is 11.3 Å². The summed E-state index contributed by atoms with van der Waals surface area (Å²) in [6.45, 7) is 7.82. The molecule has 1 aromatic rings. The smallest absolute Gasteiger partial charge is 0.312 e. The van der Waals surface area contributed by atoms with Crippen LogP contribution in [-0.4, -0.2) is 52.5 Å². The third-order valence-electron chi connectivity index (χ3n) is 6.41. The van der Waals surface area contributed by atoms with Crippen molar-refractivity contribution in [2.45, 2.75) is 78.1 Å². The van der Waals surface area contributed by atoms with Crippen LogP contribution in [0.4, 0.5) is 0 Å². The second-order valence-corrected chi connectivity index (χ2v) is 7.87. The maximum absolute atomic E-state index is 12.9. The highest BCUT2D eigenvalue weighted by Crippen LogP contribution is 2.49. The molecule has 0 aliphatic heterocycles. The van der Waals surface area contributed by atoms with Gasteiger partial charge >= 0.3 is 5.97 Å². The van der Waals surface area contributed by atoms with E-state index in [4.69, 9.17) is 4.74 Å². The number of likely N-dealkylation sites (N-methyl/N-ethyl adjacent to an activating group) is 1. The van der Waals surface area contributed by atoms with Gasteiger partial charge in [-0.2, -0.15) is 0 Å². The number of esters is 1. The average Bonchev–Trinajstić information content (AvgIpc) is 3.32. The first-order chi connectivity index (χ1) is 13.2. The Balaban J connectivity index is 0.000000567. The Bertz CT molecular complexity index is 479. The van der Waals surface area contributed by atoms with Crippen LogP contribution in [0.1, 0.15) is 78.1 Å². The van der Waals surface area contributed by atoms with Crippen LogP contribution in [0.3, 0.4) is 0 Å². The second-order valence-electron chi connectivity index (χ2n) is 7.87. The predicted octanol–water partition coefficient (Wildman–Crippen LogP) is 4.63. The highest BCUT2D eigenvalue weighted by molar-refractivity contribution is 5.85. The minimum Gasteiger partial charge on any atom is -0.464 e. The highest BCUT2D eigenvalue weighted by atomic mass is 35.5. The van der Waals surface area contributed by atoms with Gasteiger partial charge < -0.3 is 9.64 Å². The predicted molar refractivity (Wildman–Crippen MR) is 114 cm³/mol. The minimum absolute atomic E-state index is 0. The van der Waals surface area contributed by atoms with E-state index < -0.39 is 0 Å². The number of nitrogens with zero attached hydrogens (tertiary/aromatic N) is 3. The molecule has 1 heterocycles. The molecule has 0 unspecified atom stereocenters. The summed E-state index contributed by atoms with van der Waals surface area (Å²) in [5, 5.41) is 9.26. The Morgan fingerprint density at radius 1 is 1.11 bits per heavy atom. The minimum atomic E-state index is -0.137. The van der Waals surface area contributed by atoms with Gasteiger partial charge in [0.25, 0.3) is 0 Å². The number of rotatable bonds is 7. The largest absolute Gasteiger partial charge is 0.464 e. The normalized spacial score (nSPS) is 19.2. The summed E-state index contributed by atoms with van der Waals surface area (Å²) in [5.74, 6) is 0.716. The number of carbonyl (C=O) groups is 1. The van der Waals surface area contributed by atoms with Gasteiger partial charge in [-0.25, -0.2) is 0 Å². The standard InChI is InChI=1S/C19H35NO2.C2H3N3.ClH/c1-3-20(4-2)15-16-22-18(21)19(13-9-6-10-14-19)17-11-7-5-8-12-17;1-2-4-5-3-1;/h17H,3-16H2,1-2H3;1-2H,(H,3,4,5);1H. The molecule has 162 valence electrons. The van der Waals surface area contributed by atoms with Crippen LogP contribution in [0.15, 0.2) is 12.4 Å². The number of nitrogens with one attached hydrogen (secondary N) is 1. The number of hydrogen-bond acceptors (Lipinski definition) is 5. The molecule has 0 bridgehead atoms. The van der Waals surface area contributed by atoms with Gasteiger partial charge in [-0.3, -0.25) is 9.89 Å². The lowest BCUT2D eigenvalue weighted by atomic mass is 9.62. The topological polar surface area (TPSA) is 71.1 Å². The van der Waals surface area contributed by atoms with E-state index in [1.165, 1.54) is 51.4 Å². The second kappa shape index (κ2) is 13.9. The number of ether oxygens (including phenoxy) is 1. The van der Waals surface area contributed by atoms with E-state index in [0.29, 0.717) is 12.5 Å². The molecule has 0 amide bonds. The Labute approximate surface area is 176 Å². The molecular weight excluding hydrogens is 376 g/mol. The molecule has 6 nitrogen and oxygen atoms in total. The summed E-state index contributed by atoms with van der Waals surface area (Å²) < 4.78 is 5.79. The van der Waals surface area contributed by atoms with E-state index in [2.05, 4.69) is 34.2 Å². The summed E-state index contributed by atoms with van der Waals surface area (Å²) >= 11 is 0. The van der Waals surface area contributed by atoms with Crippen molar-refractivity contribution in [1.82, 2.24) is 20.3 Å². The molecule has 1 N–H and O–H groups in total. The van der Waals surface area contributed by atoms with E-state index in [1.54, 1.807) is 12.4 Å². The summed E-state index contributed by atoms with van der Waals surface area (Å²) in [5.41, 5.74) is -0.137. The van der Waals surface area contributed by atoms with Crippen LogP contribution >= 0.6 is 12.4 Å². The monoisotopic (exact) mass is 414 g/mol.